The molecule has 5 nitrogen and oxygen atoms in total. The van der Waals surface area contributed by atoms with Crippen molar-refractivity contribution in [1.82, 2.24) is 4.98 Å². The Bertz CT molecular complexity index is 2530. The zero-order valence-corrected chi connectivity index (χ0v) is 29.3. The molecular weight excluding hydrogens is 647 g/mol. The first-order valence-electron chi connectivity index (χ1n) is 17.8. The second-order valence-electron chi connectivity index (χ2n) is 13.1. The summed E-state index contributed by atoms with van der Waals surface area (Å²) in [4.78, 5) is 11.9. The largest absolute Gasteiger partial charge is 0.396 e. The molecule has 0 saturated heterocycles. The van der Waals surface area contributed by atoms with Gasteiger partial charge in [0.1, 0.15) is 0 Å². The fourth-order valence-corrected chi connectivity index (χ4v) is 6.86. The van der Waals surface area contributed by atoms with Crippen LogP contribution in [0.3, 0.4) is 0 Å². The maximum atomic E-state index is 7.01. The van der Waals surface area contributed by atoms with Gasteiger partial charge in [-0.3, -0.25) is 9.98 Å². The molecule has 1 heterocycles. The van der Waals surface area contributed by atoms with E-state index in [0.717, 1.165) is 72.3 Å². The van der Waals surface area contributed by atoms with Crippen molar-refractivity contribution >= 4 is 50.6 Å². The highest BCUT2D eigenvalue weighted by Crippen LogP contribution is 2.43. The molecule has 256 valence electrons. The smallest absolute Gasteiger partial charge is 0.0802 e. The van der Waals surface area contributed by atoms with Crippen molar-refractivity contribution in [2.45, 2.75) is 12.6 Å². The minimum Gasteiger partial charge on any atom is -0.396 e. The van der Waals surface area contributed by atoms with Crippen LogP contribution in [0.15, 0.2) is 193 Å². The normalized spacial score (nSPS) is 12.4. The number of fused-ring (bicyclic) bond motifs is 3. The number of aliphatic imine (C=N–C) groups is 1. The molecule has 0 aliphatic rings. The van der Waals surface area contributed by atoms with Gasteiger partial charge in [-0.25, -0.2) is 0 Å². The molecule has 4 N–H and O–H groups in total. The number of pyridine rings is 1. The van der Waals surface area contributed by atoms with Crippen LogP contribution in [0.4, 0.5) is 17.1 Å². The third-order valence-electron chi connectivity index (χ3n) is 9.61. The third-order valence-corrected chi connectivity index (χ3v) is 9.61. The first kappa shape index (κ1) is 33.3. The van der Waals surface area contributed by atoms with E-state index in [2.05, 4.69) is 108 Å². The van der Waals surface area contributed by atoms with Crippen molar-refractivity contribution in [1.29, 1.82) is 0 Å². The van der Waals surface area contributed by atoms with E-state index in [1.165, 1.54) is 5.56 Å². The van der Waals surface area contributed by atoms with Gasteiger partial charge in [-0.1, -0.05) is 152 Å². The second kappa shape index (κ2) is 15.2. The highest BCUT2D eigenvalue weighted by Gasteiger charge is 2.20. The van der Waals surface area contributed by atoms with E-state index in [0.29, 0.717) is 6.54 Å². The predicted molar refractivity (Wildman–Crippen MR) is 223 cm³/mol. The average Bonchev–Trinajstić information content (AvgIpc) is 3.23. The summed E-state index contributed by atoms with van der Waals surface area (Å²) in [5.74, 6) is 0. The lowest BCUT2D eigenvalue weighted by Crippen LogP contribution is -2.18. The molecule has 5 heteroatoms. The minimum atomic E-state index is -0.290. The molecule has 53 heavy (non-hydrogen) atoms. The molecule has 8 rings (SSSR count). The van der Waals surface area contributed by atoms with Gasteiger partial charge in [-0.15, -0.1) is 0 Å². The fourth-order valence-electron chi connectivity index (χ4n) is 6.86. The minimum absolute atomic E-state index is 0.290. The molecule has 1 aromatic heterocycles. The Morgan fingerprint density at radius 3 is 1.91 bits per heavy atom. The molecule has 0 radical (unpaired) electrons. The van der Waals surface area contributed by atoms with Crippen LogP contribution in [-0.4, -0.2) is 11.2 Å². The van der Waals surface area contributed by atoms with Crippen molar-refractivity contribution in [3.8, 4) is 11.1 Å². The van der Waals surface area contributed by atoms with Crippen LogP contribution in [0.1, 0.15) is 28.3 Å². The first-order valence-corrected chi connectivity index (χ1v) is 17.8. The van der Waals surface area contributed by atoms with Crippen LogP contribution in [-0.2, 0) is 6.54 Å². The maximum absolute atomic E-state index is 7.01. The maximum Gasteiger partial charge on any atom is 0.0802 e. The lowest BCUT2D eigenvalue weighted by molar-refractivity contribution is 0.911. The summed E-state index contributed by atoms with van der Waals surface area (Å²) in [7, 11) is 0. The number of aromatic nitrogens is 1. The highest BCUT2D eigenvalue weighted by molar-refractivity contribution is 6.18. The Hall–Kier alpha value is -6.82. The fraction of sp³-hybridized carbons (Fsp3) is 0.0417. The summed E-state index contributed by atoms with van der Waals surface area (Å²) < 4.78 is 0. The summed E-state index contributed by atoms with van der Waals surface area (Å²) in [6, 6.07) is 60.1. The molecule has 0 saturated carbocycles. The Balaban J connectivity index is 1.10. The Labute approximate surface area is 310 Å². The van der Waals surface area contributed by atoms with Crippen molar-refractivity contribution in [2.24, 2.45) is 10.7 Å². The van der Waals surface area contributed by atoms with E-state index in [9.17, 15) is 0 Å². The van der Waals surface area contributed by atoms with Crippen LogP contribution in [0.2, 0.25) is 0 Å². The molecular formula is C48H39N5. The van der Waals surface area contributed by atoms with Crippen molar-refractivity contribution < 1.29 is 0 Å². The zero-order valence-electron chi connectivity index (χ0n) is 29.3. The van der Waals surface area contributed by atoms with Crippen LogP contribution >= 0.6 is 0 Å². The summed E-state index contributed by atoms with van der Waals surface area (Å²) in [5, 5.41) is 3.10. The average molecular weight is 686 g/mol. The van der Waals surface area contributed by atoms with Crippen LogP contribution in [0, 0.1) is 0 Å². The van der Waals surface area contributed by atoms with Crippen LogP contribution in [0.25, 0.3) is 38.5 Å². The van der Waals surface area contributed by atoms with Gasteiger partial charge in [0.25, 0.3) is 0 Å². The van der Waals surface area contributed by atoms with Gasteiger partial charge in [0, 0.05) is 40.8 Å². The number of anilines is 3. The monoisotopic (exact) mass is 685 g/mol. The molecule has 1 atom stereocenters. The van der Waals surface area contributed by atoms with Gasteiger partial charge < -0.3 is 16.4 Å². The summed E-state index contributed by atoms with van der Waals surface area (Å²) in [6.07, 6.45) is 5.74. The Morgan fingerprint density at radius 2 is 1.21 bits per heavy atom. The lowest BCUT2D eigenvalue weighted by atomic mass is 9.99. The summed E-state index contributed by atoms with van der Waals surface area (Å²) >= 11 is 0. The molecule has 0 bridgehead atoms. The Morgan fingerprint density at radius 1 is 0.623 bits per heavy atom. The first-order chi connectivity index (χ1) is 26.1. The van der Waals surface area contributed by atoms with Crippen molar-refractivity contribution in [3.05, 3.63) is 210 Å². The highest BCUT2D eigenvalue weighted by atomic mass is 15.1. The van der Waals surface area contributed by atoms with Crippen LogP contribution < -0.4 is 16.4 Å². The molecule has 8 aromatic rings. The predicted octanol–water partition coefficient (Wildman–Crippen LogP) is 11.1. The summed E-state index contributed by atoms with van der Waals surface area (Å²) in [6.45, 7) is 0.637. The second-order valence-corrected chi connectivity index (χ2v) is 13.1. The molecule has 7 aromatic carbocycles. The number of rotatable bonds is 10. The SMILES string of the molecule is Nc1c(N(Cc2ccc(-c3ccc(C(=C/C(N)c4ccccc4)/N=C/c4ccccc4)cc3)cc2)c2ccccc2)c2ccccc2c2ncccc12. The van der Waals surface area contributed by atoms with E-state index in [4.69, 9.17) is 21.4 Å². The third kappa shape index (κ3) is 7.20. The van der Waals surface area contributed by atoms with E-state index in [1.54, 1.807) is 0 Å². The number of hydrogen-bond acceptors (Lipinski definition) is 5. The Kier molecular flexibility index (Phi) is 9.56. The molecule has 0 aliphatic heterocycles. The quantitative estimate of drug-likeness (QED) is 0.0650. The van der Waals surface area contributed by atoms with Gasteiger partial charge in [0.05, 0.1) is 28.6 Å². The van der Waals surface area contributed by atoms with Crippen LogP contribution in [0.5, 0.6) is 0 Å². The number of nitrogens with two attached hydrogens (primary N) is 2. The zero-order chi connectivity index (χ0) is 36.0. The lowest BCUT2D eigenvalue weighted by Gasteiger charge is -2.29. The van der Waals surface area contributed by atoms with E-state index >= 15 is 0 Å². The van der Waals surface area contributed by atoms with Gasteiger partial charge in [-0.05, 0) is 63.7 Å². The van der Waals surface area contributed by atoms with E-state index in [-0.39, 0.29) is 6.04 Å². The standard InChI is InChI=1S/C48H39N5/c49-44(38-15-6-2-7-16-38)31-45(52-32-34-13-4-1-5-14-34)39-28-26-37(27-29-39)36-24-22-35(23-25-36)33-53(40-17-8-3-9-18-40)48-42-20-11-10-19-41(42)47-43(46(48)50)21-12-30-51-47/h1-32,44H,33,49-50H2/b45-31-,52-32+. The summed E-state index contributed by atoms with van der Waals surface area (Å²) in [5.41, 5.74) is 24.7. The number of hydrogen-bond donors (Lipinski definition) is 2. The number of nitrogens with zero attached hydrogens (tertiary/aromatic N) is 3. The van der Waals surface area contributed by atoms with Gasteiger partial charge >= 0.3 is 0 Å². The van der Waals surface area contributed by atoms with Gasteiger partial charge in [-0.2, -0.15) is 0 Å². The number of benzene rings is 7. The topological polar surface area (TPSA) is 80.5 Å². The molecule has 0 fully saturated rings. The van der Waals surface area contributed by atoms with Gasteiger partial charge in [0.2, 0.25) is 0 Å². The molecule has 0 amide bonds. The molecule has 1 unspecified atom stereocenters. The van der Waals surface area contributed by atoms with E-state index in [1.807, 2.05) is 91.3 Å². The van der Waals surface area contributed by atoms with Crippen molar-refractivity contribution in [2.75, 3.05) is 10.6 Å². The number of para-hydroxylation sites is 1. The number of nitrogen functional groups attached to an aromatic ring is 1. The van der Waals surface area contributed by atoms with Crippen molar-refractivity contribution in [3.63, 3.8) is 0 Å². The van der Waals surface area contributed by atoms with Gasteiger partial charge in [0.15, 0.2) is 0 Å². The van der Waals surface area contributed by atoms with E-state index < -0.39 is 0 Å². The molecule has 0 spiro atoms. The molecule has 0 aliphatic carbocycles.